The molecule has 0 unspecified atom stereocenters. The molecule has 1 N–H and O–H groups in total. The molecule has 1 aromatic carbocycles. The van der Waals surface area contributed by atoms with Gasteiger partial charge in [0.05, 0.1) is 0 Å². The zero-order valence-corrected chi connectivity index (χ0v) is 10.2. The summed E-state index contributed by atoms with van der Waals surface area (Å²) in [5, 5.41) is 1.94. The molecule has 0 bridgehead atoms. The lowest BCUT2D eigenvalue weighted by atomic mass is 9.98. The molecular formula is C11H11ClF3NO2. The second-order valence-electron chi connectivity index (χ2n) is 3.94. The highest BCUT2D eigenvalue weighted by Crippen LogP contribution is 2.35. The summed E-state index contributed by atoms with van der Waals surface area (Å²) in [6.45, 7) is 0.610. The minimum atomic E-state index is -3.33. The molecule has 100 valence electrons. The number of hydrogen-bond donors (Lipinski definition) is 1. The zero-order chi connectivity index (χ0) is 12.6. The van der Waals surface area contributed by atoms with Crippen LogP contribution in [0.1, 0.15) is 17.2 Å². The summed E-state index contributed by atoms with van der Waals surface area (Å²) in [6.07, 6.45) is -0.971. The van der Waals surface area contributed by atoms with E-state index in [4.69, 9.17) is 0 Å². The van der Waals surface area contributed by atoms with Gasteiger partial charge in [-0.25, -0.2) is 18.0 Å². The van der Waals surface area contributed by atoms with Crippen LogP contribution >= 0.6 is 12.4 Å². The number of cyclic esters (lactones) is 1. The Morgan fingerprint density at radius 1 is 1.44 bits per heavy atom. The fourth-order valence-electron chi connectivity index (χ4n) is 1.70. The molecule has 1 fully saturated rings. The quantitative estimate of drug-likeness (QED) is 0.859. The molecule has 1 amide bonds. The van der Waals surface area contributed by atoms with Crippen molar-refractivity contribution < 1.29 is 22.7 Å². The molecular weight excluding hydrogens is 271 g/mol. The van der Waals surface area contributed by atoms with E-state index in [9.17, 15) is 18.0 Å². The lowest BCUT2D eigenvalue weighted by molar-refractivity contribution is -0.105. The molecule has 0 saturated carbocycles. The number of benzene rings is 1. The van der Waals surface area contributed by atoms with Crippen LogP contribution in [-0.2, 0) is 4.74 Å². The summed E-state index contributed by atoms with van der Waals surface area (Å²) in [7, 11) is 0. The third-order valence-corrected chi connectivity index (χ3v) is 2.54. The highest BCUT2D eigenvalue weighted by atomic mass is 35.5. The Morgan fingerprint density at radius 2 is 2.11 bits per heavy atom. The first kappa shape index (κ1) is 14.6. The van der Waals surface area contributed by atoms with Gasteiger partial charge in [0, 0.05) is 5.56 Å². The number of carbonyl (C=O) groups excluding carboxylic acids is 1. The van der Waals surface area contributed by atoms with Crippen LogP contribution in [0.4, 0.5) is 18.0 Å². The molecule has 1 aliphatic heterocycles. The Balaban J connectivity index is 0.00000162. The van der Waals surface area contributed by atoms with Crippen LogP contribution in [0, 0.1) is 12.7 Å². The van der Waals surface area contributed by atoms with E-state index in [2.05, 4.69) is 4.74 Å². The van der Waals surface area contributed by atoms with Gasteiger partial charge < -0.3 is 10.1 Å². The number of carbonyl (C=O) groups is 1. The van der Waals surface area contributed by atoms with Gasteiger partial charge in [0.15, 0.2) is 6.61 Å². The third-order valence-electron chi connectivity index (χ3n) is 2.54. The average Bonchev–Trinajstić information content (AvgIpc) is 2.26. The van der Waals surface area contributed by atoms with Crippen molar-refractivity contribution in [2.75, 3.05) is 6.61 Å². The molecule has 1 aliphatic rings. The van der Waals surface area contributed by atoms with Crippen molar-refractivity contribution in [1.29, 1.82) is 0 Å². The van der Waals surface area contributed by atoms with E-state index < -0.39 is 30.5 Å². The van der Waals surface area contributed by atoms with Crippen molar-refractivity contribution >= 4 is 18.5 Å². The Hall–Kier alpha value is -1.43. The third kappa shape index (κ3) is 2.69. The maximum absolute atomic E-state index is 13.5. The highest BCUT2D eigenvalue weighted by Gasteiger charge is 2.47. The molecule has 1 atom stereocenters. The SMILES string of the molecule is Cc1ccc(F)c([C@H]2NC(=O)OCC2(F)F)c1.Cl. The molecule has 1 saturated heterocycles. The summed E-state index contributed by atoms with van der Waals surface area (Å²) in [5.74, 6) is -4.11. The number of hydrogen-bond acceptors (Lipinski definition) is 2. The summed E-state index contributed by atoms with van der Waals surface area (Å²) >= 11 is 0. The number of amides is 1. The summed E-state index contributed by atoms with van der Waals surface area (Å²) < 4.78 is 44.8. The maximum Gasteiger partial charge on any atom is 0.408 e. The van der Waals surface area contributed by atoms with Gasteiger partial charge in [-0.15, -0.1) is 12.4 Å². The first-order chi connectivity index (χ1) is 7.90. The van der Waals surface area contributed by atoms with Crippen LogP contribution in [0.2, 0.25) is 0 Å². The maximum atomic E-state index is 13.5. The van der Waals surface area contributed by atoms with Gasteiger partial charge >= 0.3 is 12.0 Å². The average molecular weight is 282 g/mol. The van der Waals surface area contributed by atoms with Gasteiger partial charge in [0.2, 0.25) is 0 Å². The monoisotopic (exact) mass is 281 g/mol. The zero-order valence-electron chi connectivity index (χ0n) is 9.38. The Labute approximate surface area is 108 Å². The Bertz CT molecular complexity index is 468. The van der Waals surface area contributed by atoms with Crippen LogP contribution in [0.5, 0.6) is 0 Å². The number of aryl methyl sites for hydroxylation is 1. The van der Waals surface area contributed by atoms with E-state index in [1.165, 1.54) is 12.1 Å². The summed E-state index contributed by atoms with van der Waals surface area (Å²) in [5.41, 5.74) is 0.407. The first-order valence-electron chi connectivity index (χ1n) is 4.97. The van der Waals surface area contributed by atoms with Crippen molar-refractivity contribution in [3.05, 3.63) is 35.1 Å². The van der Waals surface area contributed by atoms with Gasteiger partial charge in [-0.3, -0.25) is 0 Å². The first-order valence-corrected chi connectivity index (χ1v) is 4.97. The minimum absolute atomic E-state index is 0. The van der Waals surface area contributed by atoms with Gasteiger partial charge in [-0.05, 0) is 13.0 Å². The summed E-state index contributed by atoms with van der Waals surface area (Å²) in [4.78, 5) is 10.9. The number of nitrogens with one attached hydrogen (secondary N) is 1. The smallest absolute Gasteiger partial charge is 0.408 e. The van der Waals surface area contributed by atoms with Crippen LogP contribution in [0.3, 0.4) is 0 Å². The second-order valence-corrected chi connectivity index (χ2v) is 3.94. The molecule has 0 aromatic heterocycles. The van der Waals surface area contributed by atoms with Crippen LogP contribution in [0.15, 0.2) is 18.2 Å². The van der Waals surface area contributed by atoms with Crippen molar-refractivity contribution in [3.8, 4) is 0 Å². The van der Waals surface area contributed by atoms with Gasteiger partial charge in [-0.2, -0.15) is 0 Å². The largest absolute Gasteiger partial charge is 0.443 e. The van der Waals surface area contributed by atoms with Crippen LogP contribution < -0.4 is 5.32 Å². The fraction of sp³-hybridized carbons (Fsp3) is 0.364. The van der Waals surface area contributed by atoms with Crippen LogP contribution in [-0.4, -0.2) is 18.6 Å². The van der Waals surface area contributed by atoms with E-state index in [0.717, 1.165) is 6.07 Å². The van der Waals surface area contributed by atoms with Gasteiger partial charge in [0.1, 0.15) is 11.9 Å². The lowest BCUT2D eigenvalue weighted by Crippen LogP contribution is -2.49. The molecule has 2 rings (SSSR count). The molecule has 0 spiro atoms. The van der Waals surface area contributed by atoms with Crippen LogP contribution in [0.25, 0.3) is 0 Å². The summed E-state index contributed by atoms with van der Waals surface area (Å²) in [6, 6.07) is 2.17. The number of alkyl halides is 2. The normalized spacial score (nSPS) is 21.6. The van der Waals surface area contributed by atoms with Crippen molar-refractivity contribution in [2.45, 2.75) is 18.9 Å². The Morgan fingerprint density at radius 3 is 2.78 bits per heavy atom. The van der Waals surface area contributed by atoms with E-state index in [-0.39, 0.29) is 18.0 Å². The molecule has 1 heterocycles. The second kappa shape index (κ2) is 5.06. The standard InChI is InChI=1S/C11H10F3NO2.ClH/c1-6-2-3-8(12)7(4-6)9-11(13,14)5-17-10(16)15-9;/h2-4,9H,5H2,1H3,(H,15,16);1H/t9-;/m1./s1. The molecule has 1 aromatic rings. The van der Waals surface area contributed by atoms with E-state index in [0.29, 0.717) is 5.56 Å². The number of ether oxygens (including phenoxy) is 1. The number of halogens is 4. The van der Waals surface area contributed by atoms with E-state index in [1.54, 1.807) is 6.92 Å². The van der Waals surface area contributed by atoms with E-state index in [1.807, 2.05) is 5.32 Å². The molecule has 0 radical (unpaired) electrons. The van der Waals surface area contributed by atoms with E-state index >= 15 is 0 Å². The highest BCUT2D eigenvalue weighted by molar-refractivity contribution is 5.85. The number of alkyl carbamates (subject to hydrolysis) is 1. The van der Waals surface area contributed by atoms with Gasteiger partial charge in [0.25, 0.3) is 0 Å². The molecule has 3 nitrogen and oxygen atoms in total. The molecule has 0 aliphatic carbocycles. The van der Waals surface area contributed by atoms with Crippen molar-refractivity contribution in [1.82, 2.24) is 5.32 Å². The molecule has 7 heteroatoms. The topological polar surface area (TPSA) is 38.3 Å². The lowest BCUT2D eigenvalue weighted by Gasteiger charge is -2.32. The minimum Gasteiger partial charge on any atom is -0.443 e. The predicted octanol–water partition coefficient (Wildman–Crippen LogP) is 2.97. The molecule has 18 heavy (non-hydrogen) atoms. The fourth-order valence-corrected chi connectivity index (χ4v) is 1.70. The van der Waals surface area contributed by atoms with Gasteiger partial charge in [-0.1, -0.05) is 17.7 Å². The number of rotatable bonds is 1. The Kier molecular flexibility index (Phi) is 4.11. The van der Waals surface area contributed by atoms with Crippen molar-refractivity contribution in [3.63, 3.8) is 0 Å². The predicted molar refractivity (Wildman–Crippen MR) is 60.6 cm³/mol. The van der Waals surface area contributed by atoms with Crippen molar-refractivity contribution in [2.24, 2.45) is 0 Å².